The first kappa shape index (κ1) is 10.5. The summed E-state index contributed by atoms with van der Waals surface area (Å²) < 4.78 is 7.47. The highest BCUT2D eigenvalue weighted by atomic mass is 16.5. The summed E-state index contributed by atoms with van der Waals surface area (Å²) in [4.78, 5) is 4.20. The van der Waals surface area contributed by atoms with E-state index in [-0.39, 0.29) is 5.75 Å². The maximum absolute atomic E-state index is 9.24. The Morgan fingerprint density at radius 2 is 2.31 bits per heavy atom. The lowest BCUT2D eigenvalue weighted by molar-refractivity contribution is 0.315. The molecule has 0 radical (unpaired) electrons. The van der Waals surface area contributed by atoms with Crippen LogP contribution in [0.25, 0.3) is 0 Å². The largest absolute Gasteiger partial charge is 0.508 e. The molecular formula is C12H14N2O2. The first-order chi connectivity index (χ1) is 7.75. The van der Waals surface area contributed by atoms with Crippen molar-refractivity contribution in [3.63, 3.8) is 0 Å². The smallest absolute Gasteiger partial charge is 0.122 e. The van der Waals surface area contributed by atoms with Gasteiger partial charge in [0.2, 0.25) is 0 Å². The van der Waals surface area contributed by atoms with Gasteiger partial charge in [-0.1, -0.05) is 6.07 Å². The van der Waals surface area contributed by atoms with Crippen molar-refractivity contribution in [2.75, 3.05) is 6.61 Å². The molecule has 84 valence electrons. The van der Waals surface area contributed by atoms with Gasteiger partial charge in [-0.3, -0.25) is 0 Å². The first-order valence-electron chi connectivity index (χ1n) is 5.14. The van der Waals surface area contributed by atoms with Gasteiger partial charge in [-0.2, -0.15) is 0 Å². The molecule has 0 saturated heterocycles. The number of phenols is 1. The molecule has 1 aromatic carbocycles. The van der Waals surface area contributed by atoms with Gasteiger partial charge in [-0.05, 0) is 12.1 Å². The van der Waals surface area contributed by atoms with Gasteiger partial charge in [-0.25, -0.2) is 4.98 Å². The van der Waals surface area contributed by atoms with Crippen molar-refractivity contribution in [2.24, 2.45) is 7.05 Å². The van der Waals surface area contributed by atoms with Crippen molar-refractivity contribution in [1.82, 2.24) is 9.55 Å². The predicted molar refractivity (Wildman–Crippen MR) is 60.5 cm³/mol. The van der Waals surface area contributed by atoms with E-state index in [9.17, 15) is 5.11 Å². The van der Waals surface area contributed by atoms with Crippen molar-refractivity contribution < 1.29 is 9.84 Å². The van der Waals surface area contributed by atoms with Crippen molar-refractivity contribution in [3.8, 4) is 11.5 Å². The highest BCUT2D eigenvalue weighted by Gasteiger charge is 2.00. The number of rotatable bonds is 4. The number of ether oxygens (including phenoxy) is 1. The van der Waals surface area contributed by atoms with Gasteiger partial charge in [0.25, 0.3) is 0 Å². The van der Waals surface area contributed by atoms with Crippen molar-refractivity contribution >= 4 is 0 Å². The van der Waals surface area contributed by atoms with Crippen molar-refractivity contribution in [1.29, 1.82) is 0 Å². The van der Waals surface area contributed by atoms with Gasteiger partial charge >= 0.3 is 0 Å². The summed E-state index contributed by atoms with van der Waals surface area (Å²) in [5.41, 5.74) is 0. The third kappa shape index (κ3) is 2.53. The number of hydrogen-bond donors (Lipinski definition) is 1. The lowest BCUT2D eigenvalue weighted by Gasteiger charge is -2.06. The zero-order chi connectivity index (χ0) is 11.4. The predicted octanol–water partition coefficient (Wildman–Crippen LogP) is 1.75. The molecule has 0 saturated carbocycles. The minimum atomic E-state index is 0.217. The van der Waals surface area contributed by atoms with E-state index < -0.39 is 0 Å². The van der Waals surface area contributed by atoms with Crippen LogP contribution >= 0.6 is 0 Å². The normalized spacial score (nSPS) is 10.3. The van der Waals surface area contributed by atoms with Crippen LogP contribution in [0, 0.1) is 0 Å². The molecule has 0 bridgehead atoms. The van der Waals surface area contributed by atoms with Crippen LogP contribution in [-0.4, -0.2) is 21.3 Å². The number of aromatic hydroxyl groups is 1. The second-order valence-electron chi connectivity index (χ2n) is 3.55. The van der Waals surface area contributed by atoms with Crippen LogP contribution in [0.15, 0.2) is 36.7 Å². The lowest BCUT2D eigenvalue weighted by atomic mass is 10.3. The summed E-state index contributed by atoms with van der Waals surface area (Å²) >= 11 is 0. The van der Waals surface area contributed by atoms with Gasteiger partial charge in [-0.15, -0.1) is 0 Å². The van der Waals surface area contributed by atoms with Gasteiger partial charge in [0.1, 0.15) is 17.3 Å². The van der Waals surface area contributed by atoms with E-state index >= 15 is 0 Å². The Bertz CT molecular complexity index is 466. The van der Waals surface area contributed by atoms with E-state index in [2.05, 4.69) is 4.98 Å². The van der Waals surface area contributed by atoms with Crippen LogP contribution in [0.5, 0.6) is 11.5 Å². The first-order valence-corrected chi connectivity index (χ1v) is 5.14. The molecule has 1 heterocycles. The van der Waals surface area contributed by atoms with Crippen molar-refractivity contribution in [2.45, 2.75) is 6.42 Å². The summed E-state index contributed by atoms with van der Waals surface area (Å²) in [6.45, 7) is 0.550. The molecule has 16 heavy (non-hydrogen) atoms. The number of phenolic OH excluding ortho intramolecular Hbond substituents is 1. The summed E-state index contributed by atoms with van der Waals surface area (Å²) in [5.74, 6) is 1.88. The van der Waals surface area contributed by atoms with Crippen LogP contribution in [0.4, 0.5) is 0 Å². The van der Waals surface area contributed by atoms with Gasteiger partial charge in [0.15, 0.2) is 0 Å². The molecular weight excluding hydrogens is 204 g/mol. The average Bonchev–Trinajstić information content (AvgIpc) is 2.65. The number of hydrogen-bond acceptors (Lipinski definition) is 3. The molecule has 1 aromatic heterocycles. The minimum Gasteiger partial charge on any atom is -0.508 e. The lowest BCUT2D eigenvalue weighted by Crippen LogP contribution is -2.05. The van der Waals surface area contributed by atoms with E-state index in [0.717, 1.165) is 12.2 Å². The molecule has 0 spiro atoms. The molecule has 4 heteroatoms. The summed E-state index contributed by atoms with van der Waals surface area (Å²) in [6, 6.07) is 6.79. The van der Waals surface area contributed by atoms with Crippen LogP contribution in [-0.2, 0) is 13.5 Å². The van der Waals surface area contributed by atoms with Gasteiger partial charge in [0.05, 0.1) is 6.61 Å². The Morgan fingerprint density at radius 1 is 1.44 bits per heavy atom. The fourth-order valence-corrected chi connectivity index (χ4v) is 1.47. The van der Waals surface area contributed by atoms with Crippen LogP contribution in [0.1, 0.15) is 5.82 Å². The molecule has 0 aliphatic rings. The Morgan fingerprint density at radius 3 is 3.00 bits per heavy atom. The third-order valence-corrected chi connectivity index (χ3v) is 2.33. The molecule has 0 aliphatic heterocycles. The Labute approximate surface area is 94.1 Å². The standard InChI is InChI=1S/C12H14N2O2/c1-14-7-6-13-12(14)5-8-16-11-4-2-3-10(15)9-11/h2-4,6-7,9,15H,5,8H2,1H3. The van der Waals surface area contributed by atoms with Crippen molar-refractivity contribution in [3.05, 3.63) is 42.5 Å². The van der Waals surface area contributed by atoms with E-state index in [4.69, 9.17) is 4.74 Å². The topological polar surface area (TPSA) is 47.3 Å². The molecule has 0 unspecified atom stereocenters. The number of aryl methyl sites for hydroxylation is 1. The molecule has 0 atom stereocenters. The van der Waals surface area contributed by atoms with Gasteiger partial charge in [0, 0.05) is 31.9 Å². The number of benzene rings is 1. The Balaban J connectivity index is 1.87. The zero-order valence-corrected chi connectivity index (χ0v) is 9.13. The van der Waals surface area contributed by atoms with E-state index in [1.165, 1.54) is 0 Å². The fraction of sp³-hybridized carbons (Fsp3) is 0.250. The number of imidazole rings is 1. The Hall–Kier alpha value is -1.97. The highest BCUT2D eigenvalue weighted by molar-refractivity contribution is 5.31. The molecule has 0 fully saturated rings. The summed E-state index contributed by atoms with van der Waals surface area (Å²) in [7, 11) is 1.96. The maximum atomic E-state index is 9.24. The number of nitrogens with zero attached hydrogens (tertiary/aromatic N) is 2. The highest BCUT2D eigenvalue weighted by Crippen LogP contribution is 2.17. The van der Waals surface area contributed by atoms with Crippen LogP contribution < -0.4 is 4.74 Å². The fourth-order valence-electron chi connectivity index (χ4n) is 1.47. The summed E-state index contributed by atoms with van der Waals surface area (Å²) in [6.07, 6.45) is 4.42. The zero-order valence-electron chi connectivity index (χ0n) is 9.13. The summed E-state index contributed by atoms with van der Waals surface area (Å²) in [5, 5.41) is 9.24. The molecule has 2 rings (SSSR count). The maximum Gasteiger partial charge on any atom is 0.122 e. The van der Waals surface area contributed by atoms with E-state index in [1.807, 2.05) is 23.9 Å². The number of aromatic nitrogens is 2. The molecule has 0 aliphatic carbocycles. The minimum absolute atomic E-state index is 0.217. The second-order valence-corrected chi connectivity index (χ2v) is 3.55. The average molecular weight is 218 g/mol. The quantitative estimate of drug-likeness (QED) is 0.850. The van der Waals surface area contributed by atoms with E-state index in [0.29, 0.717) is 12.4 Å². The van der Waals surface area contributed by atoms with Crippen LogP contribution in [0.3, 0.4) is 0 Å². The van der Waals surface area contributed by atoms with E-state index in [1.54, 1.807) is 24.4 Å². The van der Waals surface area contributed by atoms with Crippen LogP contribution in [0.2, 0.25) is 0 Å². The monoisotopic (exact) mass is 218 g/mol. The molecule has 2 aromatic rings. The second kappa shape index (κ2) is 4.70. The molecule has 0 amide bonds. The molecule has 4 nitrogen and oxygen atoms in total. The Kier molecular flexibility index (Phi) is 3.10. The third-order valence-electron chi connectivity index (χ3n) is 2.33. The SMILES string of the molecule is Cn1ccnc1CCOc1cccc(O)c1. The van der Waals surface area contributed by atoms with Gasteiger partial charge < -0.3 is 14.4 Å². The molecule has 1 N–H and O–H groups in total.